The summed E-state index contributed by atoms with van der Waals surface area (Å²) in [6.07, 6.45) is 2.90. The number of carbonyl (C=O) groups excluding carboxylic acids is 1. The fraction of sp³-hybridized carbons (Fsp3) is 0.393. The number of hydrogen-bond donors (Lipinski definition) is 0. The van der Waals surface area contributed by atoms with Gasteiger partial charge in [-0.2, -0.15) is 0 Å². The molecule has 9 nitrogen and oxygen atoms in total. The molecule has 2 atom stereocenters. The molecular formula is C28H30ClN5O4S. The Morgan fingerprint density at radius 2 is 1.87 bits per heavy atom. The number of aromatic nitrogens is 3. The van der Waals surface area contributed by atoms with Crippen LogP contribution in [0.4, 0.5) is 5.69 Å². The van der Waals surface area contributed by atoms with Crippen LogP contribution >= 0.6 is 11.6 Å². The van der Waals surface area contributed by atoms with Crippen LogP contribution in [0.3, 0.4) is 0 Å². The van der Waals surface area contributed by atoms with Crippen molar-refractivity contribution in [2.45, 2.75) is 52.1 Å². The Hall–Kier alpha value is -3.21. The molecule has 0 spiro atoms. The molecule has 2 saturated heterocycles. The summed E-state index contributed by atoms with van der Waals surface area (Å²) >= 11 is 6.39. The summed E-state index contributed by atoms with van der Waals surface area (Å²) in [4.78, 5) is 20.2. The molecule has 0 aliphatic carbocycles. The molecule has 4 aromatic rings. The van der Waals surface area contributed by atoms with E-state index in [1.54, 1.807) is 4.90 Å². The highest BCUT2D eigenvalue weighted by atomic mass is 35.5. The van der Waals surface area contributed by atoms with Crippen molar-refractivity contribution in [3.63, 3.8) is 0 Å². The van der Waals surface area contributed by atoms with E-state index in [2.05, 4.69) is 9.72 Å². The minimum atomic E-state index is -3.33. The summed E-state index contributed by atoms with van der Waals surface area (Å²) in [6.45, 7) is 6.55. The van der Waals surface area contributed by atoms with Crippen LogP contribution in [-0.2, 0) is 14.8 Å². The average molecular weight is 568 g/mol. The second-order valence-corrected chi connectivity index (χ2v) is 13.0. The molecule has 2 aromatic carbocycles. The maximum atomic E-state index is 13.2. The van der Waals surface area contributed by atoms with E-state index >= 15 is 0 Å². The summed E-state index contributed by atoms with van der Waals surface area (Å²) in [6, 6.07) is 11.3. The standard InChI is InChI=1S/C28H30ClN5O4S/c1-16-11-20(29)14-22(12-16)33-25(7-8-26(33)35)28-30-23-13-19(27-17(2)31-38-18(27)3)5-6-24(23)34(28)21-9-10-32(15-21)39(4,36)37/h5-6,11-14,21,25H,7-10,15H2,1-4H3/t21-,25+/m1/s1. The van der Waals surface area contributed by atoms with Crippen LogP contribution < -0.4 is 4.90 Å². The molecule has 1 amide bonds. The molecule has 0 unspecified atom stereocenters. The Bertz CT molecular complexity index is 1690. The highest BCUT2D eigenvalue weighted by Crippen LogP contribution is 2.42. The van der Waals surface area contributed by atoms with Crippen molar-refractivity contribution in [1.82, 2.24) is 19.0 Å². The van der Waals surface area contributed by atoms with Crippen molar-refractivity contribution in [3.8, 4) is 11.1 Å². The smallest absolute Gasteiger partial charge is 0.227 e. The number of sulfonamides is 1. The predicted octanol–water partition coefficient (Wildman–Crippen LogP) is 5.34. The highest BCUT2D eigenvalue weighted by molar-refractivity contribution is 7.88. The van der Waals surface area contributed by atoms with Crippen LogP contribution in [0.2, 0.25) is 5.02 Å². The van der Waals surface area contributed by atoms with Gasteiger partial charge in [0.25, 0.3) is 0 Å². The molecule has 4 heterocycles. The van der Waals surface area contributed by atoms with Crippen molar-refractivity contribution < 1.29 is 17.7 Å². The maximum absolute atomic E-state index is 13.2. The zero-order valence-electron chi connectivity index (χ0n) is 22.3. The summed E-state index contributed by atoms with van der Waals surface area (Å²) in [5.74, 6) is 1.50. The fourth-order valence-electron chi connectivity index (χ4n) is 6.12. The third-order valence-electron chi connectivity index (χ3n) is 7.81. The molecule has 11 heteroatoms. The lowest BCUT2D eigenvalue weighted by Gasteiger charge is -2.27. The van der Waals surface area contributed by atoms with E-state index in [9.17, 15) is 13.2 Å². The number of imidazole rings is 1. The van der Waals surface area contributed by atoms with Crippen LogP contribution in [0.1, 0.15) is 54.2 Å². The van der Waals surface area contributed by atoms with Crippen LogP contribution in [0.25, 0.3) is 22.2 Å². The van der Waals surface area contributed by atoms with E-state index in [0.717, 1.165) is 50.7 Å². The minimum Gasteiger partial charge on any atom is -0.361 e. The molecule has 2 aromatic heterocycles. The van der Waals surface area contributed by atoms with Crippen molar-refractivity contribution >= 4 is 44.3 Å². The predicted molar refractivity (Wildman–Crippen MR) is 150 cm³/mol. The zero-order valence-corrected chi connectivity index (χ0v) is 23.9. The fourth-order valence-corrected chi connectivity index (χ4v) is 7.28. The van der Waals surface area contributed by atoms with E-state index in [-0.39, 0.29) is 18.0 Å². The zero-order chi connectivity index (χ0) is 27.6. The minimum absolute atomic E-state index is 0.0147. The van der Waals surface area contributed by atoms with E-state index in [4.69, 9.17) is 21.1 Å². The van der Waals surface area contributed by atoms with Crippen molar-refractivity contribution in [3.05, 3.63) is 64.3 Å². The van der Waals surface area contributed by atoms with E-state index in [1.807, 2.05) is 57.2 Å². The van der Waals surface area contributed by atoms with Gasteiger partial charge in [-0.1, -0.05) is 22.8 Å². The largest absolute Gasteiger partial charge is 0.361 e. The topological polar surface area (TPSA) is 102 Å². The number of amides is 1. The Balaban J connectivity index is 1.52. The van der Waals surface area contributed by atoms with Gasteiger partial charge in [0.05, 0.1) is 35.1 Å². The average Bonchev–Trinajstić information content (AvgIpc) is 3.62. The Kier molecular flexibility index (Phi) is 6.32. The Morgan fingerprint density at radius 3 is 2.54 bits per heavy atom. The third kappa shape index (κ3) is 4.54. The van der Waals surface area contributed by atoms with Gasteiger partial charge in [0.2, 0.25) is 15.9 Å². The van der Waals surface area contributed by atoms with Gasteiger partial charge >= 0.3 is 0 Å². The molecule has 39 heavy (non-hydrogen) atoms. The number of halogens is 1. The molecule has 2 aliphatic heterocycles. The molecule has 204 valence electrons. The van der Waals surface area contributed by atoms with Gasteiger partial charge in [0, 0.05) is 35.8 Å². The van der Waals surface area contributed by atoms with Gasteiger partial charge in [-0.3, -0.25) is 4.79 Å². The van der Waals surface area contributed by atoms with Crippen LogP contribution in [0, 0.1) is 20.8 Å². The molecule has 0 N–H and O–H groups in total. The number of hydrogen-bond acceptors (Lipinski definition) is 6. The SMILES string of the molecule is Cc1cc(Cl)cc(N2C(=O)CC[C@H]2c2nc3cc(-c4c(C)noc4C)ccc3n2[C@@H]2CCN(S(C)(=O)=O)C2)c1. The normalized spacial score (nSPS) is 20.5. The number of benzene rings is 2. The number of carbonyl (C=O) groups is 1. The lowest BCUT2D eigenvalue weighted by atomic mass is 10.0. The van der Waals surface area contributed by atoms with Gasteiger partial charge in [0.1, 0.15) is 11.6 Å². The van der Waals surface area contributed by atoms with Crippen molar-refractivity contribution in [2.24, 2.45) is 0 Å². The first-order valence-corrected chi connectivity index (χ1v) is 15.2. The van der Waals surface area contributed by atoms with Gasteiger partial charge in [0.15, 0.2) is 0 Å². The van der Waals surface area contributed by atoms with E-state index in [0.29, 0.717) is 37.4 Å². The summed E-state index contributed by atoms with van der Waals surface area (Å²) in [5, 5.41) is 4.67. The number of nitrogens with zero attached hydrogens (tertiary/aromatic N) is 5. The van der Waals surface area contributed by atoms with Gasteiger partial charge in [-0.05, 0) is 75.1 Å². The van der Waals surface area contributed by atoms with Gasteiger partial charge < -0.3 is 14.0 Å². The number of aryl methyl sites for hydroxylation is 3. The molecular weight excluding hydrogens is 538 g/mol. The van der Waals surface area contributed by atoms with Crippen molar-refractivity contribution in [2.75, 3.05) is 24.2 Å². The molecule has 0 bridgehead atoms. The highest BCUT2D eigenvalue weighted by Gasteiger charge is 2.40. The second kappa shape index (κ2) is 9.46. The number of anilines is 1. The summed E-state index contributed by atoms with van der Waals surface area (Å²) < 4.78 is 33.8. The van der Waals surface area contributed by atoms with Crippen LogP contribution in [0.5, 0.6) is 0 Å². The first-order chi connectivity index (χ1) is 18.5. The van der Waals surface area contributed by atoms with Gasteiger partial charge in [-0.15, -0.1) is 0 Å². The Morgan fingerprint density at radius 1 is 1.08 bits per heavy atom. The van der Waals surface area contributed by atoms with Gasteiger partial charge in [-0.25, -0.2) is 17.7 Å². The lowest BCUT2D eigenvalue weighted by molar-refractivity contribution is -0.117. The van der Waals surface area contributed by atoms with E-state index in [1.165, 1.54) is 10.6 Å². The first-order valence-electron chi connectivity index (χ1n) is 13.0. The summed E-state index contributed by atoms with van der Waals surface area (Å²) in [5.41, 5.74) is 6.08. The van der Waals surface area contributed by atoms with Crippen LogP contribution in [0.15, 0.2) is 40.9 Å². The molecule has 0 saturated carbocycles. The van der Waals surface area contributed by atoms with Crippen LogP contribution in [-0.4, -0.2) is 52.7 Å². The molecule has 6 rings (SSSR count). The number of rotatable bonds is 5. The number of fused-ring (bicyclic) bond motifs is 1. The molecule has 2 aliphatic rings. The maximum Gasteiger partial charge on any atom is 0.227 e. The quantitative estimate of drug-likeness (QED) is 0.322. The third-order valence-corrected chi connectivity index (χ3v) is 9.30. The lowest BCUT2D eigenvalue weighted by Crippen LogP contribution is -2.31. The molecule has 2 fully saturated rings. The molecule has 0 radical (unpaired) electrons. The van der Waals surface area contributed by atoms with Crippen molar-refractivity contribution in [1.29, 1.82) is 0 Å². The monoisotopic (exact) mass is 567 g/mol. The second-order valence-electron chi connectivity index (χ2n) is 10.6. The van der Waals surface area contributed by atoms with E-state index < -0.39 is 10.0 Å². The summed E-state index contributed by atoms with van der Waals surface area (Å²) in [7, 11) is -3.33. The first kappa shape index (κ1) is 26.0. The Labute approximate surface area is 232 Å².